The zero-order valence-electron chi connectivity index (χ0n) is 8.64. The number of hydrazine groups is 1. The Morgan fingerprint density at radius 1 is 1.31 bits per heavy atom. The summed E-state index contributed by atoms with van der Waals surface area (Å²) in [7, 11) is 0. The molecule has 2 N–H and O–H groups in total. The van der Waals surface area contributed by atoms with Gasteiger partial charge in [0.05, 0.1) is 15.7 Å². The molecule has 0 aromatic heterocycles. The maximum atomic E-state index is 11.6. The van der Waals surface area contributed by atoms with Gasteiger partial charge in [-0.25, -0.2) is 10.9 Å². The van der Waals surface area contributed by atoms with Gasteiger partial charge in [0.1, 0.15) is 0 Å². The van der Waals surface area contributed by atoms with Gasteiger partial charge < -0.3 is 0 Å². The molecular formula is C10H11Cl3N2O. The van der Waals surface area contributed by atoms with Crippen LogP contribution in [-0.2, 0) is 4.79 Å². The largest absolute Gasteiger partial charge is 0.273 e. The quantitative estimate of drug-likeness (QED) is 0.522. The summed E-state index contributed by atoms with van der Waals surface area (Å²) in [6.45, 7) is 1.89. The summed E-state index contributed by atoms with van der Waals surface area (Å²) in [5.41, 5.74) is 0.284. The summed E-state index contributed by atoms with van der Waals surface area (Å²) in [6, 6.07) is 2.98. The van der Waals surface area contributed by atoms with Crippen molar-refractivity contribution in [3.63, 3.8) is 0 Å². The molecule has 0 bridgehead atoms. The van der Waals surface area contributed by atoms with Crippen molar-refractivity contribution in [1.29, 1.82) is 0 Å². The van der Waals surface area contributed by atoms with Crippen LogP contribution < -0.4 is 10.9 Å². The van der Waals surface area contributed by atoms with E-state index in [4.69, 9.17) is 40.6 Å². The summed E-state index contributed by atoms with van der Waals surface area (Å²) in [6.07, 6.45) is 1.04. The number of benzene rings is 1. The molecule has 6 heteroatoms. The Labute approximate surface area is 109 Å². The monoisotopic (exact) mass is 280 g/mol. The van der Waals surface area contributed by atoms with E-state index in [2.05, 4.69) is 0 Å². The minimum atomic E-state index is -0.242. The number of hydrogen-bond donors (Lipinski definition) is 1. The molecule has 0 aliphatic rings. The fourth-order valence-corrected chi connectivity index (χ4v) is 2.22. The highest BCUT2D eigenvalue weighted by Gasteiger charge is 2.18. The van der Waals surface area contributed by atoms with Crippen molar-refractivity contribution >= 4 is 46.4 Å². The fourth-order valence-electron chi connectivity index (χ4n) is 1.22. The number of amides is 1. The van der Waals surface area contributed by atoms with Gasteiger partial charge in [0.15, 0.2) is 0 Å². The lowest BCUT2D eigenvalue weighted by Crippen LogP contribution is -2.37. The van der Waals surface area contributed by atoms with Crippen molar-refractivity contribution in [2.75, 3.05) is 5.01 Å². The van der Waals surface area contributed by atoms with Gasteiger partial charge in [-0.1, -0.05) is 41.7 Å². The van der Waals surface area contributed by atoms with Crippen LogP contribution in [0.4, 0.5) is 5.69 Å². The number of nitrogens with two attached hydrogens (primary N) is 1. The van der Waals surface area contributed by atoms with Gasteiger partial charge in [-0.05, 0) is 18.6 Å². The molecule has 0 spiro atoms. The summed E-state index contributed by atoms with van der Waals surface area (Å²) >= 11 is 17.6. The van der Waals surface area contributed by atoms with Crippen LogP contribution in [0.15, 0.2) is 12.1 Å². The normalized spacial score (nSPS) is 10.3. The summed E-state index contributed by atoms with van der Waals surface area (Å²) in [5, 5.41) is 1.87. The van der Waals surface area contributed by atoms with Crippen LogP contribution in [0, 0.1) is 0 Å². The number of halogens is 3. The van der Waals surface area contributed by atoms with Gasteiger partial charge in [-0.15, -0.1) is 0 Å². The second kappa shape index (κ2) is 5.73. The van der Waals surface area contributed by atoms with Gasteiger partial charge in [-0.3, -0.25) is 4.79 Å². The average Bonchev–Trinajstić information content (AvgIpc) is 2.16. The van der Waals surface area contributed by atoms with Crippen LogP contribution in [0.25, 0.3) is 0 Å². The number of hydrogen-bond acceptors (Lipinski definition) is 2. The van der Waals surface area contributed by atoms with Crippen LogP contribution in [0.1, 0.15) is 19.8 Å². The average molecular weight is 282 g/mol. The number of rotatable bonds is 3. The lowest BCUT2D eigenvalue weighted by Gasteiger charge is -2.19. The first-order valence-corrected chi connectivity index (χ1v) is 5.83. The topological polar surface area (TPSA) is 46.3 Å². The highest BCUT2D eigenvalue weighted by Crippen LogP contribution is 2.35. The van der Waals surface area contributed by atoms with Gasteiger partial charge in [-0.2, -0.15) is 0 Å². The second-order valence-electron chi connectivity index (χ2n) is 3.23. The summed E-state index contributed by atoms with van der Waals surface area (Å²) in [5.74, 6) is 5.41. The van der Waals surface area contributed by atoms with Gasteiger partial charge in [0.2, 0.25) is 5.91 Å². The van der Waals surface area contributed by atoms with Crippen molar-refractivity contribution in [2.24, 2.45) is 5.84 Å². The molecule has 0 aliphatic heterocycles. The third-order valence-corrected chi connectivity index (χ3v) is 2.75. The Morgan fingerprint density at radius 3 is 2.25 bits per heavy atom. The Morgan fingerprint density at radius 2 is 1.81 bits per heavy atom. The molecule has 3 nitrogen and oxygen atoms in total. The molecule has 0 atom stereocenters. The Bertz CT molecular complexity index is 386. The zero-order chi connectivity index (χ0) is 12.3. The molecule has 1 aromatic carbocycles. The van der Waals surface area contributed by atoms with Gasteiger partial charge in [0, 0.05) is 11.4 Å². The lowest BCUT2D eigenvalue weighted by molar-refractivity contribution is -0.118. The molecule has 0 fully saturated rings. The molecule has 0 saturated carbocycles. The highest BCUT2D eigenvalue weighted by molar-refractivity contribution is 6.42. The Kier molecular flexibility index (Phi) is 4.87. The van der Waals surface area contributed by atoms with Crippen molar-refractivity contribution in [3.05, 3.63) is 27.2 Å². The molecule has 0 unspecified atom stereocenters. The minimum Gasteiger partial charge on any atom is -0.273 e. The maximum absolute atomic E-state index is 11.6. The van der Waals surface area contributed by atoms with Crippen LogP contribution in [0.5, 0.6) is 0 Å². The molecule has 0 heterocycles. The fraction of sp³-hybridized carbons (Fsp3) is 0.300. The molecule has 1 aromatic rings. The van der Waals surface area contributed by atoms with Crippen LogP contribution in [0.2, 0.25) is 15.1 Å². The van der Waals surface area contributed by atoms with Gasteiger partial charge in [0.25, 0.3) is 0 Å². The highest BCUT2D eigenvalue weighted by atomic mass is 35.5. The first kappa shape index (κ1) is 13.6. The number of nitrogens with zero attached hydrogens (tertiary/aromatic N) is 1. The van der Waals surface area contributed by atoms with Crippen molar-refractivity contribution < 1.29 is 4.79 Å². The lowest BCUT2D eigenvalue weighted by atomic mass is 10.2. The molecular weight excluding hydrogens is 270 g/mol. The van der Waals surface area contributed by atoms with Crippen LogP contribution >= 0.6 is 34.8 Å². The molecule has 1 amide bonds. The van der Waals surface area contributed by atoms with E-state index in [1.54, 1.807) is 0 Å². The first-order chi connectivity index (χ1) is 7.47. The van der Waals surface area contributed by atoms with Crippen LogP contribution in [-0.4, -0.2) is 5.91 Å². The van der Waals surface area contributed by atoms with Crippen molar-refractivity contribution in [3.8, 4) is 0 Å². The number of carbonyl (C=O) groups is 1. The predicted octanol–water partition coefficient (Wildman–Crippen LogP) is 3.65. The number of anilines is 1. The van der Waals surface area contributed by atoms with Crippen LogP contribution in [0.3, 0.4) is 0 Å². The van der Waals surface area contributed by atoms with E-state index in [-0.39, 0.29) is 21.6 Å². The van der Waals surface area contributed by atoms with E-state index in [0.717, 1.165) is 5.01 Å². The molecule has 88 valence electrons. The summed E-state index contributed by atoms with van der Waals surface area (Å²) < 4.78 is 0. The third-order valence-electron chi connectivity index (χ3n) is 1.96. The van der Waals surface area contributed by atoms with E-state index in [1.165, 1.54) is 12.1 Å². The standard InChI is InChI=1S/C10H11Cl3N2O/c1-2-3-9(16)15(14)10-7(12)4-6(11)5-8(10)13/h4-5H,2-3,14H2,1H3. The van der Waals surface area contributed by atoms with Crippen molar-refractivity contribution in [2.45, 2.75) is 19.8 Å². The van der Waals surface area contributed by atoms with E-state index in [9.17, 15) is 4.79 Å². The van der Waals surface area contributed by atoms with Gasteiger partial charge >= 0.3 is 0 Å². The van der Waals surface area contributed by atoms with E-state index < -0.39 is 0 Å². The van der Waals surface area contributed by atoms with Crippen molar-refractivity contribution in [1.82, 2.24) is 0 Å². The molecule has 0 aliphatic carbocycles. The molecule has 1 rings (SSSR count). The molecule has 16 heavy (non-hydrogen) atoms. The zero-order valence-corrected chi connectivity index (χ0v) is 10.9. The smallest absolute Gasteiger partial charge is 0.241 e. The Hall–Kier alpha value is -0.480. The maximum Gasteiger partial charge on any atom is 0.241 e. The predicted molar refractivity (Wildman–Crippen MR) is 68.1 cm³/mol. The van der Waals surface area contributed by atoms with E-state index in [1.807, 2.05) is 6.92 Å². The first-order valence-electron chi connectivity index (χ1n) is 4.69. The Balaban J connectivity index is 3.08. The second-order valence-corrected chi connectivity index (χ2v) is 4.48. The SMILES string of the molecule is CCCC(=O)N(N)c1c(Cl)cc(Cl)cc1Cl. The summed E-state index contributed by atoms with van der Waals surface area (Å²) in [4.78, 5) is 11.6. The van der Waals surface area contributed by atoms with E-state index >= 15 is 0 Å². The third kappa shape index (κ3) is 3.01. The number of carbonyl (C=O) groups excluding carboxylic acids is 1. The minimum absolute atomic E-state index is 0.242. The molecule has 0 saturated heterocycles. The molecule has 0 radical (unpaired) electrons. The van der Waals surface area contributed by atoms with E-state index in [0.29, 0.717) is 17.9 Å².